The topological polar surface area (TPSA) is 87.9 Å². The van der Waals surface area contributed by atoms with Crippen molar-refractivity contribution in [1.82, 2.24) is 14.7 Å². The fourth-order valence-electron chi connectivity index (χ4n) is 3.77. The van der Waals surface area contributed by atoms with Gasteiger partial charge >= 0.3 is 0 Å². The molecular formula is C24H32N4O3. The number of benzene rings is 1. The molecular weight excluding hydrogens is 392 g/mol. The molecule has 7 heteroatoms. The summed E-state index contributed by atoms with van der Waals surface area (Å²) in [5.41, 5.74) is 7.65. The van der Waals surface area contributed by atoms with E-state index in [0.717, 1.165) is 29.1 Å². The Morgan fingerprint density at radius 2 is 1.97 bits per heavy atom. The first-order chi connectivity index (χ1) is 15.0. The summed E-state index contributed by atoms with van der Waals surface area (Å²) in [4.78, 5) is 17.8. The minimum atomic E-state index is -0.193. The van der Waals surface area contributed by atoms with Gasteiger partial charge in [-0.1, -0.05) is 25.1 Å². The van der Waals surface area contributed by atoms with Crippen LogP contribution in [0, 0.1) is 20.8 Å². The molecule has 166 valence electrons. The lowest BCUT2D eigenvalue weighted by molar-refractivity contribution is 0.0835. The van der Waals surface area contributed by atoms with E-state index in [2.05, 4.69) is 47.7 Å². The van der Waals surface area contributed by atoms with E-state index in [1.165, 1.54) is 16.7 Å². The molecule has 3 aromatic rings. The number of nitrogens with one attached hydrogen (secondary N) is 2. The molecule has 0 saturated carbocycles. The van der Waals surface area contributed by atoms with E-state index in [1.54, 1.807) is 0 Å². The molecule has 3 N–H and O–H groups in total. The van der Waals surface area contributed by atoms with Gasteiger partial charge in [0.15, 0.2) is 0 Å². The predicted molar refractivity (Wildman–Crippen MR) is 123 cm³/mol. The molecule has 0 bridgehead atoms. The Labute approximate surface area is 183 Å². The number of aryl methyl sites for hydroxylation is 4. The van der Waals surface area contributed by atoms with Crippen molar-refractivity contribution in [2.75, 3.05) is 31.7 Å². The van der Waals surface area contributed by atoms with Gasteiger partial charge in [-0.05, 0) is 56.0 Å². The molecule has 1 aromatic carbocycles. The zero-order valence-corrected chi connectivity index (χ0v) is 18.8. The van der Waals surface area contributed by atoms with Gasteiger partial charge in [0.25, 0.3) is 5.91 Å². The standard InChI is InChI=1S/C24H32N4O3/c1-5-19-8-6-7-16(2)20(19)15-26-21-9-10-22-27-17(3)18(4)28(22)23(21)24(30)25-11-13-31-14-12-29/h6-10,26,29H,5,11-15H2,1-4H3,(H,25,30). The third kappa shape index (κ3) is 5.06. The van der Waals surface area contributed by atoms with Crippen LogP contribution < -0.4 is 10.6 Å². The van der Waals surface area contributed by atoms with Gasteiger partial charge in [-0.2, -0.15) is 0 Å². The molecule has 0 aliphatic carbocycles. The Hall–Kier alpha value is -2.90. The number of aromatic nitrogens is 2. The highest BCUT2D eigenvalue weighted by Crippen LogP contribution is 2.24. The molecule has 0 atom stereocenters. The molecule has 0 saturated heterocycles. The number of fused-ring (bicyclic) bond motifs is 1. The first-order valence-corrected chi connectivity index (χ1v) is 10.7. The summed E-state index contributed by atoms with van der Waals surface area (Å²) in [6, 6.07) is 10.2. The third-order valence-corrected chi connectivity index (χ3v) is 5.57. The zero-order chi connectivity index (χ0) is 22.4. The quantitative estimate of drug-likeness (QED) is 0.435. The summed E-state index contributed by atoms with van der Waals surface area (Å²) in [7, 11) is 0. The Balaban J connectivity index is 1.91. The number of ether oxygens (including phenoxy) is 1. The van der Waals surface area contributed by atoms with Gasteiger partial charge < -0.3 is 20.5 Å². The Morgan fingerprint density at radius 3 is 2.71 bits per heavy atom. The average Bonchev–Trinajstić information content (AvgIpc) is 3.05. The first kappa shape index (κ1) is 22.8. The van der Waals surface area contributed by atoms with Crippen LogP contribution in [0.4, 0.5) is 5.69 Å². The number of carbonyl (C=O) groups excluding carboxylic acids is 1. The van der Waals surface area contributed by atoms with E-state index in [9.17, 15) is 4.79 Å². The Morgan fingerprint density at radius 1 is 1.16 bits per heavy atom. The van der Waals surface area contributed by atoms with Crippen LogP contribution >= 0.6 is 0 Å². The lowest BCUT2D eigenvalue weighted by Gasteiger charge is -2.17. The zero-order valence-electron chi connectivity index (χ0n) is 18.8. The first-order valence-electron chi connectivity index (χ1n) is 10.7. The van der Waals surface area contributed by atoms with Crippen LogP contribution in [-0.2, 0) is 17.7 Å². The highest BCUT2D eigenvalue weighted by molar-refractivity contribution is 5.99. The van der Waals surface area contributed by atoms with Crippen LogP contribution in [0.15, 0.2) is 30.3 Å². The van der Waals surface area contributed by atoms with Gasteiger partial charge in [-0.3, -0.25) is 9.20 Å². The molecule has 1 amide bonds. The normalized spacial score (nSPS) is 11.1. The van der Waals surface area contributed by atoms with Gasteiger partial charge in [0, 0.05) is 18.8 Å². The van der Waals surface area contributed by atoms with Crippen molar-refractivity contribution in [3.63, 3.8) is 0 Å². The molecule has 2 heterocycles. The Kier molecular flexibility index (Phi) is 7.65. The minimum Gasteiger partial charge on any atom is -0.394 e. The van der Waals surface area contributed by atoms with E-state index in [4.69, 9.17) is 9.84 Å². The molecule has 0 aliphatic heterocycles. The van der Waals surface area contributed by atoms with E-state index < -0.39 is 0 Å². The number of hydrogen-bond acceptors (Lipinski definition) is 5. The predicted octanol–water partition coefficient (Wildman–Crippen LogP) is 3.17. The summed E-state index contributed by atoms with van der Waals surface area (Å²) in [6.45, 7) is 9.74. The average molecular weight is 425 g/mol. The van der Waals surface area contributed by atoms with Crippen LogP contribution in [0.1, 0.15) is 45.5 Å². The number of nitrogens with zero attached hydrogens (tertiary/aromatic N) is 2. The summed E-state index contributed by atoms with van der Waals surface area (Å²) >= 11 is 0. The van der Waals surface area contributed by atoms with Gasteiger partial charge in [-0.15, -0.1) is 0 Å². The number of amides is 1. The number of carbonyl (C=O) groups is 1. The summed E-state index contributed by atoms with van der Waals surface area (Å²) < 4.78 is 7.16. The van der Waals surface area contributed by atoms with E-state index >= 15 is 0 Å². The second-order valence-electron chi connectivity index (χ2n) is 7.58. The van der Waals surface area contributed by atoms with Crippen molar-refractivity contribution in [1.29, 1.82) is 0 Å². The van der Waals surface area contributed by atoms with Crippen LogP contribution in [0.5, 0.6) is 0 Å². The molecule has 31 heavy (non-hydrogen) atoms. The second kappa shape index (κ2) is 10.4. The molecule has 2 aromatic heterocycles. The van der Waals surface area contributed by atoms with E-state index in [-0.39, 0.29) is 19.1 Å². The number of pyridine rings is 1. The largest absolute Gasteiger partial charge is 0.394 e. The van der Waals surface area contributed by atoms with Crippen LogP contribution in [0.2, 0.25) is 0 Å². The molecule has 0 fully saturated rings. The number of imidazole rings is 1. The maximum atomic E-state index is 13.2. The van der Waals surface area contributed by atoms with Crippen LogP contribution in [0.3, 0.4) is 0 Å². The monoisotopic (exact) mass is 424 g/mol. The van der Waals surface area contributed by atoms with Crippen molar-refractivity contribution >= 4 is 17.2 Å². The van der Waals surface area contributed by atoms with Crippen molar-refractivity contribution < 1.29 is 14.6 Å². The van der Waals surface area contributed by atoms with Gasteiger partial charge in [0.1, 0.15) is 11.3 Å². The van der Waals surface area contributed by atoms with Crippen LogP contribution in [0.25, 0.3) is 5.65 Å². The van der Waals surface area contributed by atoms with E-state index in [1.807, 2.05) is 30.4 Å². The summed E-state index contributed by atoms with van der Waals surface area (Å²) in [5.74, 6) is -0.193. The number of aliphatic hydroxyl groups excluding tert-OH is 1. The van der Waals surface area contributed by atoms with Gasteiger partial charge in [-0.25, -0.2) is 4.98 Å². The van der Waals surface area contributed by atoms with Crippen molar-refractivity contribution in [2.45, 2.75) is 40.7 Å². The number of aliphatic hydroxyl groups is 1. The molecule has 7 nitrogen and oxygen atoms in total. The number of anilines is 1. The molecule has 3 rings (SSSR count). The molecule has 0 spiro atoms. The summed E-state index contributed by atoms with van der Waals surface area (Å²) in [6.07, 6.45) is 0.957. The molecule has 0 unspecified atom stereocenters. The van der Waals surface area contributed by atoms with Gasteiger partial charge in [0.05, 0.1) is 31.2 Å². The van der Waals surface area contributed by atoms with Crippen molar-refractivity contribution in [3.8, 4) is 0 Å². The fraction of sp³-hybridized carbons (Fsp3) is 0.417. The van der Waals surface area contributed by atoms with E-state index in [0.29, 0.717) is 25.4 Å². The van der Waals surface area contributed by atoms with Crippen molar-refractivity contribution in [3.05, 3.63) is 64.1 Å². The molecule has 0 aliphatic rings. The van der Waals surface area contributed by atoms with Crippen LogP contribution in [-0.4, -0.2) is 46.8 Å². The maximum Gasteiger partial charge on any atom is 0.270 e. The third-order valence-electron chi connectivity index (χ3n) is 5.57. The SMILES string of the molecule is CCc1cccc(C)c1CNc1ccc2nc(C)c(C)n2c1C(=O)NCCOCCO. The fourth-order valence-corrected chi connectivity index (χ4v) is 3.77. The number of rotatable bonds is 10. The lowest BCUT2D eigenvalue weighted by Crippen LogP contribution is -2.30. The maximum absolute atomic E-state index is 13.2. The minimum absolute atomic E-state index is 0.0342. The lowest BCUT2D eigenvalue weighted by atomic mass is 10.00. The summed E-state index contributed by atoms with van der Waals surface area (Å²) in [5, 5.41) is 15.2. The highest BCUT2D eigenvalue weighted by atomic mass is 16.5. The highest BCUT2D eigenvalue weighted by Gasteiger charge is 2.19. The molecule has 0 radical (unpaired) electrons. The number of hydrogen-bond donors (Lipinski definition) is 3. The van der Waals surface area contributed by atoms with Gasteiger partial charge in [0.2, 0.25) is 0 Å². The Bertz CT molecular complexity index is 1060. The van der Waals surface area contributed by atoms with Crippen molar-refractivity contribution in [2.24, 2.45) is 0 Å². The second-order valence-corrected chi connectivity index (χ2v) is 7.58. The smallest absolute Gasteiger partial charge is 0.270 e.